The van der Waals surface area contributed by atoms with Crippen molar-refractivity contribution in [1.29, 1.82) is 0 Å². The van der Waals surface area contributed by atoms with E-state index in [9.17, 15) is 0 Å². The number of fused-ring (bicyclic) bond motifs is 3. The van der Waals surface area contributed by atoms with Gasteiger partial charge in [0.2, 0.25) is 0 Å². The number of rotatable bonds is 20. The van der Waals surface area contributed by atoms with Crippen LogP contribution in [0.3, 0.4) is 0 Å². The fourth-order valence-electron chi connectivity index (χ4n) is 19.2. The lowest BCUT2D eigenvalue weighted by Crippen LogP contribution is -2.00. The molecule has 12 heteroatoms. The minimum absolute atomic E-state index is 0.644. The smallest absolute Gasteiger partial charge is 0.164 e. The standard InChI is InChI=1S/C54H36N4.2C42H28N4/c1-5-14-40(15-6-1)50-35-47(36-51(55-50)41-16-7-2-8-17-41)38-26-24-37(25-27-38)45-32-33-49-46(34-45)22-13-23-48(49)39-28-30-44(31-29-39)54-57-52(42-18-9-3-10-19-42)56-53(58-54)43-20-11-4-12-21-43;1-3-9-32(10-4-1)40-44-41(33-11-5-2-6-12-33)46-42(45-40)34-22-20-31(21-23-34)38-15-7-13-36-27-35(24-25-39(36)38)29-16-18-30(19-17-29)37-14-8-26-43-28-37;1-3-8-33(9-4-1)40-44-41(34-10-5-2-6-11-34)46-42(45-40)35-20-18-32(19-21-35)38-13-7-12-37-28-36(22-23-39(37)38)30-16-14-29(15-17-30)31-24-26-43-27-25-31/h1-36H;2*1-28H. The Labute approximate surface area is 869 Å². The van der Waals surface area contributed by atoms with Crippen LogP contribution < -0.4 is 0 Å². The summed E-state index contributed by atoms with van der Waals surface area (Å²) in [5, 5.41) is 7.22. The molecule has 0 aliphatic heterocycles. The molecule has 0 unspecified atom stereocenters. The van der Waals surface area contributed by atoms with Gasteiger partial charge in [0.15, 0.2) is 52.4 Å². The highest BCUT2D eigenvalue weighted by molar-refractivity contribution is 6.02. The summed E-state index contributed by atoms with van der Waals surface area (Å²) >= 11 is 0. The highest BCUT2D eigenvalue weighted by Crippen LogP contribution is 2.42. The lowest BCUT2D eigenvalue weighted by molar-refractivity contribution is 1.07. The first-order valence-corrected chi connectivity index (χ1v) is 50.1. The first-order chi connectivity index (χ1) is 74.3. The molecule has 0 aliphatic rings. The Hall–Kier alpha value is -20.3. The number of aromatic nitrogens is 12. The van der Waals surface area contributed by atoms with Crippen LogP contribution in [0.2, 0.25) is 0 Å². The van der Waals surface area contributed by atoms with Crippen LogP contribution in [-0.2, 0) is 0 Å². The van der Waals surface area contributed by atoms with Gasteiger partial charge in [-0.15, -0.1) is 0 Å². The molecule has 0 saturated heterocycles. The second-order valence-corrected chi connectivity index (χ2v) is 36.6. The zero-order valence-corrected chi connectivity index (χ0v) is 81.5. The van der Waals surface area contributed by atoms with Gasteiger partial charge in [0.1, 0.15) is 0 Å². The Balaban J connectivity index is 0.000000121. The van der Waals surface area contributed by atoms with E-state index in [0.29, 0.717) is 52.4 Å². The minimum Gasteiger partial charge on any atom is -0.265 e. The second-order valence-electron chi connectivity index (χ2n) is 36.6. The average Bonchev–Trinajstić information content (AvgIpc) is 0.767. The monoisotopic (exact) mass is 1920 g/mol. The summed E-state index contributed by atoms with van der Waals surface area (Å²) in [6.45, 7) is 0. The molecule has 0 aliphatic carbocycles. The maximum absolute atomic E-state index is 5.06. The van der Waals surface area contributed by atoms with Crippen LogP contribution in [0.4, 0.5) is 0 Å². The summed E-state index contributed by atoms with van der Waals surface area (Å²) in [7, 11) is 0. The highest BCUT2D eigenvalue weighted by Gasteiger charge is 2.21. The van der Waals surface area contributed by atoms with Gasteiger partial charge in [-0.05, 0) is 181 Å². The molecule has 0 N–H and O–H groups in total. The Bertz CT molecular complexity index is 8680. The molecule has 0 atom stereocenters. The average molecular weight is 1920 g/mol. The van der Waals surface area contributed by atoms with Gasteiger partial charge < -0.3 is 0 Å². The van der Waals surface area contributed by atoms with Crippen molar-refractivity contribution in [2.75, 3.05) is 0 Å². The van der Waals surface area contributed by atoms with Crippen LogP contribution in [0.25, 0.3) is 257 Å². The molecule has 0 radical (unpaired) electrons. The topological polar surface area (TPSA) is 155 Å². The van der Waals surface area contributed by atoms with Crippen molar-refractivity contribution in [2.45, 2.75) is 0 Å². The first-order valence-electron chi connectivity index (χ1n) is 50.1. The first kappa shape index (κ1) is 92.1. The third kappa shape index (κ3) is 20.4. The van der Waals surface area contributed by atoms with E-state index >= 15 is 0 Å². The third-order valence-corrected chi connectivity index (χ3v) is 27.1. The predicted octanol–water partition coefficient (Wildman–Crippen LogP) is 34.6. The Morgan fingerprint density at radius 2 is 0.313 bits per heavy atom. The van der Waals surface area contributed by atoms with Crippen molar-refractivity contribution in [2.24, 2.45) is 0 Å². The molecule has 0 fully saturated rings. The number of hydrogen-bond donors (Lipinski definition) is 0. The van der Waals surface area contributed by atoms with Gasteiger partial charge in [-0.25, -0.2) is 49.8 Å². The molecule has 12 nitrogen and oxygen atoms in total. The van der Waals surface area contributed by atoms with Gasteiger partial charge in [0.25, 0.3) is 0 Å². The van der Waals surface area contributed by atoms with Crippen LogP contribution in [0.1, 0.15) is 0 Å². The summed E-state index contributed by atoms with van der Waals surface area (Å²) in [6.07, 6.45) is 7.35. The van der Waals surface area contributed by atoms with Crippen molar-refractivity contribution >= 4 is 32.3 Å². The fourth-order valence-corrected chi connectivity index (χ4v) is 19.2. The van der Waals surface area contributed by atoms with E-state index in [1.165, 1.54) is 93.5 Å². The molecule has 150 heavy (non-hydrogen) atoms. The number of hydrogen-bond acceptors (Lipinski definition) is 12. The van der Waals surface area contributed by atoms with Gasteiger partial charge in [-0.2, -0.15) is 0 Å². The predicted molar refractivity (Wildman–Crippen MR) is 614 cm³/mol. The molecule has 0 bridgehead atoms. The van der Waals surface area contributed by atoms with Gasteiger partial charge in [0, 0.05) is 86.0 Å². The van der Waals surface area contributed by atoms with Gasteiger partial charge in [-0.3, -0.25) is 9.97 Å². The zero-order chi connectivity index (χ0) is 100. The Morgan fingerprint density at radius 1 is 0.107 bits per heavy atom. The molecule has 6 aromatic heterocycles. The minimum atomic E-state index is 0.644. The van der Waals surface area contributed by atoms with E-state index in [1.54, 1.807) is 6.20 Å². The largest absolute Gasteiger partial charge is 0.265 e. The van der Waals surface area contributed by atoms with Crippen molar-refractivity contribution in [3.8, 4) is 225 Å². The third-order valence-electron chi connectivity index (χ3n) is 27.1. The van der Waals surface area contributed by atoms with Crippen molar-refractivity contribution in [3.63, 3.8) is 0 Å². The number of pyridine rings is 3. The van der Waals surface area contributed by atoms with E-state index in [4.69, 9.17) is 49.8 Å². The molecular weight excluding hydrogens is 1830 g/mol. The number of benzene rings is 20. The van der Waals surface area contributed by atoms with E-state index in [1.807, 2.05) is 231 Å². The quantitative estimate of drug-likeness (QED) is 0.0713. The number of nitrogens with zero attached hydrogens (tertiary/aromatic N) is 12. The van der Waals surface area contributed by atoms with Crippen LogP contribution in [0.15, 0.2) is 559 Å². The Kier molecular flexibility index (Phi) is 26.2. The maximum Gasteiger partial charge on any atom is 0.164 e. The lowest BCUT2D eigenvalue weighted by Gasteiger charge is -2.12. The molecule has 6 heterocycles. The van der Waals surface area contributed by atoms with Crippen LogP contribution in [-0.4, -0.2) is 59.8 Å². The molecule has 704 valence electrons. The van der Waals surface area contributed by atoms with E-state index < -0.39 is 0 Å². The summed E-state index contributed by atoms with van der Waals surface area (Å²) in [5.74, 6) is 5.88. The molecule has 0 amide bonds. The van der Waals surface area contributed by atoms with Crippen molar-refractivity contribution in [1.82, 2.24) is 59.8 Å². The zero-order valence-electron chi connectivity index (χ0n) is 81.5. The maximum atomic E-state index is 5.06. The van der Waals surface area contributed by atoms with Crippen molar-refractivity contribution < 1.29 is 0 Å². The van der Waals surface area contributed by atoms with Gasteiger partial charge in [0.05, 0.1) is 11.4 Å². The lowest BCUT2D eigenvalue weighted by atomic mass is 9.94. The molecule has 26 aromatic rings. The normalized spacial score (nSPS) is 11.1. The fraction of sp³-hybridized carbons (Fsp3) is 0. The van der Waals surface area contributed by atoms with Crippen molar-refractivity contribution in [3.05, 3.63) is 559 Å². The second kappa shape index (κ2) is 42.7. The summed E-state index contributed by atoms with van der Waals surface area (Å²) in [5.41, 5.74) is 33.7. The van der Waals surface area contributed by atoms with E-state index in [0.717, 1.165) is 112 Å². The molecular formula is C138H92N12. The molecule has 0 spiro atoms. The highest BCUT2D eigenvalue weighted by atomic mass is 15.1. The van der Waals surface area contributed by atoms with Gasteiger partial charge >= 0.3 is 0 Å². The van der Waals surface area contributed by atoms with Gasteiger partial charge in [-0.1, -0.05) is 485 Å². The SMILES string of the molecule is c1ccc(-c2cc(-c3ccc(-c4ccc5c(-c6ccc(-c7nc(-c8ccccc8)nc(-c8ccccc8)n7)cc6)cccc5c4)cc3)cc(-c3ccccc3)n2)cc1.c1ccc(-c2nc(-c3ccccc3)nc(-c3ccc(-c4cccc5cc(-c6ccc(-c7cccnc7)cc6)ccc45)cc3)n2)cc1.c1ccc(-c2nc(-c3ccccc3)nc(-c3ccc(-c4cccc5cc(-c6ccc(-c7ccncc7)cc6)ccc45)cc3)n2)cc1. The molecule has 0 saturated carbocycles. The molecule has 26 rings (SSSR count). The summed E-state index contributed by atoms with van der Waals surface area (Å²) in [6, 6.07) is 185. The van der Waals surface area contributed by atoms with Crippen LogP contribution in [0.5, 0.6) is 0 Å². The van der Waals surface area contributed by atoms with E-state index in [-0.39, 0.29) is 0 Å². The summed E-state index contributed by atoms with van der Waals surface area (Å²) < 4.78 is 0. The summed E-state index contributed by atoms with van der Waals surface area (Å²) in [4.78, 5) is 57.3. The van der Waals surface area contributed by atoms with E-state index in [2.05, 4.69) is 331 Å². The molecule has 20 aromatic carbocycles. The van der Waals surface area contributed by atoms with Crippen LogP contribution in [0, 0.1) is 0 Å². The van der Waals surface area contributed by atoms with Crippen LogP contribution >= 0.6 is 0 Å². The Morgan fingerprint density at radius 3 is 0.573 bits per heavy atom.